The van der Waals surface area contributed by atoms with Crippen LogP contribution in [-0.2, 0) is 14.4 Å². The molecule has 7 heteroatoms. The maximum Gasteiger partial charge on any atom is 0.294 e. The van der Waals surface area contributed by atoms with Crippen molar-refractivity contribution in [2.24, 2.45) is 0 Å². The molecule has 12 heavy (non-hydrogen) atoms. The van der Waals surface area contributed by atoms with Crippen LogP contribution < -0.4 is 5.32 Å². The maximum absolute atomic E-state index is 10.5. The number of amides is 1. The Labute approximate surface area is 68.7 Å². The number of carbonyl (C=O) groups is 1. The molecular weight excluding hydrogens is 168 g/mol. The van der Waals surface area contributed by atoms with Crippen molar-refractivity contribution < 1.29 is 19.5 Å². The Morgan fingerprint density at radius 1 is 1.58 bits per heavy atom. The van der Waals surface area contributed by atoms with E-state index in [9.17, 15) is 14.9 Å². The summed E-state index contributed by atoms with van der Waals surface area (Å²) in [5.41, 5.74) is 0. The lowest BCUT2D eigenvalue weighted by molar-refractivity contribution is -0.758. The van der Waals surface area contributed by atoms with Crippen molar-refractivity contribution in [2.75, 3.05) is 26.9 Å². The van der Waals surface area contributed by atoms with Gasteiger partial charge < -0.3 is 14.9 Å². The minimum Gasteiger partial charge on any atom is -0.370 e. The molecule has 0 aromatic carbocycles. The molecule has 0 heterocycles. The first kappa shape index (κ1) is 10.6. The first-order chi connectivity index (χ1) is 5.66. The summed E-state index contributed by atoms with van der Waals surface area (Å²) in [6, 6.07) is 0. The molecule has 0 aliphatic heterocycles. The van der Waals surface area contributed by atoms with E-state index >= 15 is 0 Å². The summed E-state index contributed by atoms with van der Waals surface area (Å²) in [5, 5.41) is 11.0. The van der Waals surface area contributed by atoms with Crippen LogP contribution >= 0.6 is 0 Å². The van der Waals surface area contributed by atoms with Gasteiger partial charge in [-0.25, -0.2) is 0 Å². The van der Waals surface area contributed by atoms with Gasteiger partial charge in [-0.15, -0.1) is 10.1 Å². The number of nitrogens with one attached hydrogen (secondary N) is 1. The largest absolute Gasteiger partial charge is 0.370 e. The van der Waals surface area contributed by atoms with E-state index in [1.165, 1.54) is 7.05 Å². The van der Waals surface area contributed by atoms with E-state index in [1.54, 1.807) is 0 Å². The zero-order valence-corrected chi connectivity index (χ0v) is 6.61. The van der Waals surface area contributed by atoms with E-state index in [0.29, 0.717) is 0 Å². The Morgan fingerprint density at radius 2 is 2.25 bits per heavy atom. The first-order valence-corrected chi connectivity index (χ1v) is 3.22. The summed E-state index contributed by atoms with van der Waals surface area (Å²) in [6.45, 7) is -0.254. The fourth-order valence-corrected chi connectivity index (χ4v) is 0.408. The molecule has 7 nitrogen and oxygen atoms in total. The van der Waals surface area contributed by atoms with E-state index < -0.39 is 5.09 Å². The van der Waals surface area contributed by atoms with Crippen LogP contribution in [0.1, 0.15) is 0 Å². The van der Waals surface area contributed by atoms with E-state index in [4.69, 9.17) is 4.74 Å². The lowest BCUT2D eigenvalue weighted by atomic mass is 10.6. The van der Waals surface area contributed by atoms with Crippen molar-refractivity contribution in [1.82, 2.24) is 5.32 Å². The number of hydrogen-bond acceptors (Lipinski definition) is 5. The second-order valence-corrected chi connectivity index (χ2v) is 1.78. The van der Waals surface area contributed by atoms with Gasteiger partial charge in [0, 0.05) is 7.05 Å². The normalized spacial score (nSPS) is 9.08. The monoisotopic (exact) mass is 178 g/mol. The average Bonchev–Trinajstić information content (AvgIpc) is 2.03. The number of hydrogen-bond donors (Lipinski definition) is 1. The predicted octanol–water partition coefficient (Wildman–Crippen LogP) is -1.04. The van der Waals surface area contributed by atoms with Gasteiger partial charge in [0.1, 0.15) is 13.2 Å². The third-order valence-electron chi connectivity index (χ3n) is 0.936. The molecule has 0 aromatic heterocycles. The Balaban J connectivity index is 3.11. The van der Waals surface area contributed by atoms with Gasteiger partial charge in [-0.05, 0) is 0 Å². The molecule has 0 radical (unpaired) electrons. The van der Waals surface area contributed by atoms with Crippen molar-refractivity contribution in [3.63, 3.8) is 0 Å². The topological polar surface area (TPSA) is 90.7 Å². The number of nitrogens with zero attached hydrogens (tertiary/aromatic N) is 1. The lowest BCUT2D eigenvalue weighted by Gasteiger charge is -2.01. The van der Waals surface area contributed by atoms with E-state index in [1.807, 2.05) is 0 Å². The molecule has 0 spiro atoms. The molecule has 0 aliphatic rings. The zero-order valence-electron chi connectivity index (χ0n) is 6.61. The second kappa shape index (κ2) is 6.35. The van der Waals surface area contributed by atoms with Crippen molar-refractivity contribution >= 4 is 5.91 Å². The van der Waals surface area contributed by atoms with Crippen LogP contribution in [0.3, 0.4) is 0 Å². The highest BCUT2D eigenvalue weighted by atomic mass is 17.0. The molecule has 0 fully saturated rings. The van der Waals surface area contributed by atoms with Crippen LogP contribution in [0.2, 0.25) is 0 Å². The Hall–Kier alpha value is -1.37. The fraction of sp³-hybridized carbons (Fsp3) is 0.800. The molecule has 0 bridgehead atoms. The summed E-state index contributed by atoms with van der Waals surface area (Å²) < 4.78 is 4.70. The van der Waals surface area contributed by atoms with E-state index in [0.717, 1.165) is 0 Å². The summed E-state index contributed by atoms with van der Waals surface area (Å²) in [6.07, 6.45) is 0. The van der Waals surface area contributed by atoms with Gasteiger partial charge in [0.2, 0.25) is 5.91 Å². The Kier molecular flexibility index (Phi) is 5.62. The van der Waals surface area contributed by atoms with E-state index in [2.05, 4.69) is 10.2 Å². The molecule has 0 atom stereocenters. The molecule has 0 unspecified atom stereocenters. The van der Waals surface area contributed by atoms with Crippen molar-refractivity contribution in [2.45, 2.75) is 0 Å². The van der Waals surface area contributed by atoms with Gasteiger partial charge in [-0.3, -0.25) is 4.79 Å². The SMILES string of the molecule is CNC(=O)COCCO[N+](=O)[O-]. The smallest absolute Gasteiger partial charge is 0.294 e. The van der Waals surface area contributed by atoms with Crippen LogP contribution in [0.5, 0.6) is 0 Å². The minimum atomic E-state index is -0.913. The molecule has 1 amide bonds. The van der Waals surface area contributed by atoms with Crippen molar-refractivity contribution in [1.29, 1.82) is 0 Å². The molecule has 0 saturated carbocycles. The highest BCUT2D eigenvalue weighted by Gasteiger charge is 1.98. The van der Waals surface area contributed by atoms with Crippen molar-refractivity contribution in [3.05, 3.63) is 10.1 Å². The second-order valence-electron chi connectivity index (χ2n) is 1.78. The number of rotatable bonds is 6. The van der Waals surface area contributed by atoms with Gasteiger partial charge in [0.15, 0.2) is 0 Å². The number of ether oxygens (including phenoxy) is 1. The lowest BCUT2D eigenvalue weighted by Crippen LogP contribution is -2.24. The van der Waals surface area contributed by atoms with Gasteiger partial charge in [0.25, 0.3) is 5.09 Å². The van der Waals surface area contributed by atoms with Crippen LogP contribution in [0.4, 0.5) is 0 Å². The zero-order chi connectivity index (χ0) is 9.40. The van der Waals surface area contributed by atoms with Gasteiger partial charge in [-0.2, -0.15) is 0 Å². The summed E-state index contributed by atoms with van der Waals surface area (Å²) in [5.74, 6) is -0.281. The summed E-state index contributed by atoms with van der Waals surface area (Å²) in [7, 11) is 1.47. The maximum atomic E-state index is 10.5. The van der Waals surface area contributed by atoms with Crippen LogP contribution in [0.15, 0.2) is 0 Å². The molecule has 0 rings (SSSR count). The van der Waals surface area contributed by atoms with Crippen LogP contribution in [0, 0.1) is 10.1 Å². The minimum absolute atomic E-state index is 0.0222. The first-order valence-electron chi connectivity index (χ1n) is 3.22. The standard InChI is InChI=1S/C5H10N2O5/c1-6-5(8)4-11-2-3-12-7(9)10/h2-4H2,1H3,(H,6,8). The Bertz CT molecular complexity index is 160. The molecule has 0 aliphatic carbocycles. The molecule has 1 N–H and O–H groups in total. The molecule has 0 saturated heterocycles. The summed E-state index contributed by atoms with van der Waals surface area (Å²) >= 11 is 0. The molecule has 0 aromatic rings. The third kappa shape index (κ3) is 6.75. The predicted molar refractivity (Wildman–Crippen MR) is 37.8 cm³/mol. The van der Waals surface area contributed by atoms with Crippen LogP contribution in [-0.4, -0.2) is 37.9 Å². The summed E-state index contributed by atoms with van der Waals surface area (Å²) in [4.78, 5) is 24.0. The van der Waals surface area contributed by atoms with Crippen molar-refractivity contribution in [3.8, 4) is 0 Å². The van der Waals surface area contributed by atoms with Crippen LogP contribution in [0.25, 0.3) is 0 Å². The van der Waals surface area contributed by atoms with Gasteiger partial charge >= 0.3 is 0 Å². The van der Waals surface area contributed by atoms with Gasteiger partial charge in [0.05, 0.1) is 6.61 Å². The number of likely N-dealkylation sites (N-methyl/N-ethyl adjacent to an activating group) is 1. The number of carbonyl (C=O) groups excluding carboxylic acids is 1. The third-order valence-corrected chi connectivity index (χ3v) is 0.936. The fourth-order valence-electron chi connectivity index (χ4n) is 0.408. The highest BCUT2D eigenvalue weighted by Crippen LogP contribution is 1.78. The van der Waals surface area contributed by atoms with E-state index in [-0.39, 0.29) is 25.7 Å². The van der Waals surface area contributed by atoms with Gasteiger partial charge in [-0.1, -0.05) is 0 Å². The highest BCUT2D eigenvalue weighted by molar-refractivity contribution is 5.76. The quantitative estimate of drug-likeness (QED) is 0.318. The average molecular weight is 178 g/mol. The molecular formula is C5H10N2O5. The Morgan fingerprint density at radius 3 is 2.75 bits per heavy atom. The molecule has 70 valence electrons.